The average Bonchev–Trinajstić information content (AvgIpc) is 2.72. The molecule has 0 amide bonds. The number of benzene rings is 1. The molecule has 0 bridgehead atoms. The van der Waals surface area contributed by atoms with Crippen molar-refractivity contribution in [2.24, 2.45) is 5.73 Å². The second-order valence-corrected chi connectivity index (χ2v) is 4.74. The van der Waals surface area contributed by atoms with Gasteiger partial charge >= 0.3 is 6.18 Å². The van der Waals surface area contributed by atoms with E-state index in [1.54, 1.807) is 0 Å². The predicted octanol–water partition coefficient (Wildman–Crippen LogP) is 1.61. The van der Waals surface area contributed by atoms with Crippen LogP contribution < -0.4 is 10.6 Å². The average molecular weight is 260 g/mol. The molecule has 0 saturated carbocycles. The summed E-state index contributed by atoms with van der Waals surface area (Å²) in [6.07, 6.45) is -3.68. The first kappa shape index (κ1) is 13.2. The summed E-state index contributed by atoms with van der Waals surface area (Å²) in [4.78, 5) is 1.89. The van der Waals surface area contributed by atoms with Crippen molar-refractivity contribution in [1.82, 2.24) is 0 Å². The van der Waals surface area contributed by atoms with Gasteiger partial charge in [-0.2, -0.15) is 13.2 Å². The molecule has 1 aromatic rings. The van der Waals surface area contributed by atoms with Gasteiger partial charge < -0.3 is 15.7 Å². The van der Waals surface area contributed by atoms with Crippen LogP contribution >= 0.6 is 0 Å². The van der Waals surface area contributed by atoms with Gasteiger partial charge in [0.25, 0.3) is 0 Å². The van der Waals surface area contributed by atoms with Gasteiger partial charge in [-0.05, 0) is 30.7 Å². The first-order valence-electron chi connectivity index (χ1n) is 5.66. The van der Waals surface area contributed by atoms with Crippen LogP contribution in [0.5, 0.6) is 0 Å². The molecule has 0 aliphatic carbocycles. The SMILES string of the molecule is NC1(CO)CCN(c2ccc(C(F)(F)F)cc2)C1. The van der Waals surface area contributed by atoms with Crippen molar-refractivity contribution in [3.8, 4) is 0 Å². The van der Waals surface area contributed by atoms with Crippen LogP contribution in [-0.4, -0.2) is 30.3 Å². The minimum absolute atomic E-state index is 0.121. The molecule has 100 valence electrons. The van der Waals surface area contributed by atoms with Crippen LogP contribution in [0.1, 0.15) is 12.0 Å². The van der Waals surface area contributed by atoms with Crippen molar-refractivity contribution >= 4 is 5.69 Å². The van der Waals surface area contributed by atoms with Crippen molar-refractivity contribution in [3.05, 3.63) is 29.8 Å². The van der Waals surface area contributed by atoms with E-state index in [0.29, 0.717) is 25.2 Å². The fourth-order valence-electron chi connectivity index (χ4n) is 2.11. The monoisotopic (exact) mass is 260 g/mol. The lowest BCUT2D eigenvalue weighted by atomic mass is 10.0. The highest BCUT2D eigenvalue weighted by molar-refractivity contribution is 5.49. The zero-order valence-electron chi connectivity index (χ0n) is 9.74. The Hall–Kier alpha value is -1.27. The van der Waals surface area contributed by atoms with E-state index in [2.05, 4.69) is 0 Å². The second-order valence-electron chi connectivity index (χ2n) is 4.74. The van der Waals surface area contributed by atoms with E-state index in [0.717, 1.165) is 12.1 Å². The summed E-state index contributed by atoms with van der Waals surface area (Å²) in [5.41, 5.74) is 5.30. The highest BCUT2D eigenvalue weighted by atomic mass is 19.4. The quantitative estimate of drug-likeness (QED) is 0.849. The van der Waals surface area contributed by atoms with E-state index in [4.69, 9.17) is 10.8 Å². The molecular formula is C12H15F3N2O. The Morgan fingerprint density at radius 2 is 1.89 bits per heavy atom. The summed E-state index contributed by atoms with van der Waals surface area (Å²) < 4.78 is 37.2. The van der Waals surface area contributed by atoms with Crippen molar-refractivity contribution in [3.63, 3.8) is 0 Å². The highest BCUT2D eigenvalue weighted by Crippen LogP contribution is 2.31. The summed E-state index contributed by atoms with van der Waals surface area (Å²) in [7, 11) is 0. The van der Waals surface area contributed by atoms with Gasteiger partial charge in [0.2, 0.25) is 0 Å². The molecular weight excluding hydrogens is 245 g/mol. The number of alkyl halides is 3. The Kier molecular flexibility index (Phi) is 3.25. The van der Waals surface area contributed by atoms with Gasteiger partial charge in [-0.3, -0.25) is 0 Å². The number of rotatable bonds is 2. The topological polar surface area (TPSA) is 49.5 Å². The van der Waals surface area contributed by atoms with Crippen molar-refractivity contribution in [2.75, 3.05) is 24.6 Å². The maximum Gasteiger partial charge on any atom is 0.416 e. The van der Waals surface area contributed by atoms with Crippen LogP contribution in [0, 0.1) is 0 Å². The van der Waals surface area contributed by atoms with Gasteiger partial charge in [0, 0.05) is 18.8 Å². The third-order valence-corrected chi connectivity index (χ3v) is 3.26. The summed E-state index contributed by atoms with van der Waals surface area (Å²) in [5.74, 6) is 0. The molecule has 1 aliphatic heterocycles. The maximum absolute atomic E-state index is 12.4. The second kappa shape index (κ2) is 4.44. The Morgan fingerprint density at radius 3 is 2.33 bits per heavy atom. The molecule has 1 unspecified atom stereocenters. The normalized spacial score (nSPS) is 24.6. The van der Waals surface area contributed by atoms with E-state index < -0.39 is 17.3 Å². The van der Waals surface area contributed by atoms with Gasteiger partial charge in [-0.25, -0.2) is 0 Å². The standard InChI is InChI=1S/C12H15F3N2O/c13-12(14,15)9-1-3-10(4-2-9)17-6-5-11(16,7-17)8-18/h1-4,18H,5-8,16H2. The number of aliphatic hydroxyl groups is 1. The Balaban J connectivity index is 2.12. The fraction of sp³-hybridized carbons (Fsp3) is 0.500. The third-order valence-electron chi connectivity index (χ3n) is 3.26. The van der Waals surface area contributed by atoms with Crippen LogP contribution in [0.4, 0.5) is 18.9 Å². The molecule has 2 rings (SSSR count). The largest absolute Gasteiger partial charge is 0.416 e. The molecule has 3 N–H and O–H groups in total. The summed E-state index contributed by atoms with van der Waals surface area (Å²) in [5, 5.41) is 9.14. The van der Waals surface area contributed by atoms with Crippen LogP contribution in [0.15, 0.2) is 24.3 Å². The van der Waals surface area contributed by atoms with E-state index in [9.17, 15) is 13.2 Å². The predicted molar refractivity (Wildman–Crippen MR) is 62.3 cm³/mol. The molecule has 0 spiro atoms. The lowest BCUT2D eigenvalue weighted by Gasteiger charge is -2.23. The molecule has 0 aromatic heterocycles. The molecule has 1 heterocycles. The molecule has 1 aromatic carbocycles. The first-order valence-corrected chi connectivity index (χ1v) is 5.66. The van der Waals surface area contributed by atoms with Gasteiger partial charge in [-0.1, -0.05) is 0 Å². The van der Waals surface area contributed by atoms with Crippen molar-refractivity contribution in [2.45, 2.75) is 18.1 Å². The van der Waals surface area contributed by atoms with Crippen molar-refractivity contribution in [1.29, 1.82) is 0 Å². The third kappa shape index (κ3) is 2.59. The summed E-state index contributed by atoms with van der Waals surface area (Å²) >= 11 is 0. The molecule has 0 radical (unpaired) electrons. The van der Waals surface area contributed by atoms with Gasteiger partial charge in [0.05, 0.1) is 17.7 Å². The van der Waals surface area contributed by atoms with Crippen LogP contribution in [0.25, 0.3) is 0 Å². The van der Waals surface area contributed by atoms with E-state index >= 15 is 0 Å². The minimum Gasteiger partial charge on any atom is -0.394 e. The van der Waals surface area contributed by atoms with E-state index in [1.165, 1.54) is 12.1 Å². The number of hydrogen-bond acceptors (Lipinski definition) is 3. The van der Waals surface area contributed by atoms with Gasteiger partial charge in [0.15, 0.2) is 0 Å². The van der Waals surface area contributed by atoms with Crippen molar-refractivity contribution < 1.29 is 18.3 Å². The number of aliphatic hydroxyl groups excluding tert-OH is 1. The minimum atomic E-state index is -4.31. The number of hydrogen-bond donors (Lipinski definition) is 2. The molecule has 1 saturated heterocycles. The molecule has 1 atom stereocenters. The lowest BCUT2D eigenvalue weighted by molar-refractivity contribution is -0.137. The summed E-state index contributed by atoms with van der Waals surface area (Å²) in [6.45, 7) is 0.974. The van der Waals surface area contributed by atoms with Crippen LogP contribution in [0.3, 0.4) is 0 Å². The van der Waals surface area contributed by atoms with Crippen LogP contribution in [0.2, 0.25) is 0 Å². The Bertz CT molecular complexity index is 418. The van der Waals surface area contributed by atoms with E-state index in [-0.39, 0.29) is 6.61 Å². The highest BCUT2D eigenvalue weighted by Gasteiger charge is 2.34. The number of nitrogens with zero attached hydrogens (tertiary/aromatic N) is 1. The van der Waals surface area contributed by atoms with E-state index in [1.807, 2.05) is 4.90 Å². The number of halogens is 3. The van der Waals surface area contributed by atoms with Gasteiger partial charge in [0.1, 0.15) is 0 Å². The zero-order valence-corrected chi connectivity index (χ0v) is 9.74. The Morgan fingerprint density at radius 1 is 1.28 bits per heavy atom. The van der Waals surface area contributed by atoms with Crippen LogP contribution in [-0.2, 0) is 6.18 Å². The molecule has 1 fully saturated rings. The fourth-order valence-corrected chi connectivity index (χ4v) is 2.11. The molecule has 1 aliphatic rings. The Labute approximate surface area is 103 Å². The molecule has 3 nitrogen and oxygen atoms in total. The number of anilines is 1. The zero-order chi connectivity index (χ0) is 13.4. The van der Waals surface area contributed by atoms with Gasteiger partial charge in [-0.15, -0.1) is 0 Å². The summed E-state index contributed by atoms with van der Waals surface area (Å²) in [6, 6.07) is 4.99. The lowest BCUT2D eigenvalue weighted by Crippen LogP contribution is -2.46. The molecule has 18 heavy (non-hydrogen) atoms. The maximum atomic E-state index is 12.4. The smallest absolute Gasteiger partial charge is 0.394 e. The molecule has 6 heteroatoms. The first-order chi connectivity index (χ1) is 8.34. The number of nitrogens with two attached hydrogens (primary N) is 1.